The number of nitrogens with zero attached hydrogens (tertiary/aromatic N) is 1. The highest BCUT2D eigenvalue weighted by molar-refractivity contribution is 7.89. The van der Waals surface area contributed by atoms with Crippen LogP contribution in [0.25, 0.3) is 0 Å². The first-order valence-corrected chi connectivity index (χ1v) is 9.70. The Morgan fingerprint density at radius 1 is 1.17 bits per heavy atom. The number of anilines is 1. The van der Waals surface area contributed by atoms with Gasteiger partial charge in [0.1, 0.15) is 16.4 Å². The highest BCUT2D eigenvalue weighted by atomic mass is 35.5. The molecule has 158 valence electrons. The van der Waals surface area contributed by atoms with E-state index >= 15 is 0 Å². The van der Waals surface area contributed by atoms with Crippen LogP contribution >= 0.6 is 11.6 Å². The number of alkyl halides is 3. The molecule has 0 fully saturated rings. The van der Waals surface area contributed by atoms with E-state index in [1.165, 1.54) is 37.4 Å². The summed E-state index contributed by atoms with van der Waals surface area (Å²) in [4.78, 5) is 11.5. The highest BCUT2D eigenvalue weighted by Gasteiger charge is 2.35. The molecular formula is C17H16ClF3N2O5S. The van der Waals surface area contributed by atoms with Gasteiger partial charge < -0.3 is 14.8 Å². The number of nitrogens with one attached hydrogen (secondary N) is 1. The summed E-state index contributed by atoms with van der Waals surface area (Å²) in [6.07, 6.45) is -5.08. The number of sulfonamides is 1. The van der Waals surface area contributed by atoms with E-state index in [0.29, 0.717) is 9.33 Å². The lowest BCUT2D eigenvalue weighted by Crippen LogP contribution is -2.35. The van der Waals surface area contributed by atoms with Crippen molar-refractivity contribution in [3.05, 3.63) is 47.5 Å². The molecule has 0 unspecified atom stereocenters. The number of methoxy groups -OCH3 is 1. The van der Waals surface area contributed by atoms with Crippen molar-refractivity contribution in [2.75, 3.05) is 26.0 Å². The number of benzene rings is 2. The van der Waals surface area contributed by atoms with Crippen molar-refractivity contribution >= 4 is 33.2 Å². The summed E-state index contributed by atoms with van der Waals surface area (Å²) in [6.45, 7) is -0.682. The topological polar surface area (TPSA) is 84.9 Å². The van der Waals surface area contributed by atoms with E-state index in [1.807, 2.05) is 0 Å². The Bertz CT molecular complexity index is 999. The second-order valence-electron chi connectivity index (χ2n) is 5.65. The van der Waals surface area contributed by atoms with Crippen LogP contribution in [0, 0.1) is 0 Å². The smallest absolute Gasteiger partial charge is 0.495 e. The molecule has 0 aromatic heterocycles. The van der Waals surface area contributed by atoms with Crippen molar-refractivity contribution in [3.63, 3.8) is 0 Å². The number of likely N-dealkylation sites (N-methyl/N-ethyl adjacent to an activating group) is 1. The third-order valence-electron chi connectivity index (χ3n) is 3.56. The molecular weight excluding hydrogens is 437 g/mol. The van der Waals surface area contributed by atoms with Gasteiger partial charge in [-0.15, -0.1) is 13.2 Å². The van der Waals surface area contributed by atoms with Gasteiger partial charge in [-0.1, -0.05) is 23.7 Å². The zero-order valence-corrected chi connectivity index (χ0v) is 16.7. The molecule has 2 aromatic carbocycles. The van der Waals surface area contributed by atoms with Gasteiger partial charge in [0.2, 0.25) is 15.9 Å². The Balaban J connectivity index is 2.21. The number of halogens is 4. The van der Waals surface area contributed by atoms with Gasteiger partial charge in [0.25, 0.3) is 0 Å². The van der Waals surface area contributed by atoms with E-state index in [1.54, 1.807) is 0 Å². The van der Waals surface area contributed by atoms with Crippen LogP contribution in [0.5, 0.6) is 11.5 Å². The van der Waals surface area contributed by atoms with Crippen molar-refractivity contribution in [1.29, 1.82) is 0 Å². The van der Waals surface area contributed by atoms with Crippen LogP contribution in [0.1, 0.15) is 0 Å². The fraction of sp³-hybridized carbons (Fsp3) is 0.235. The van der Waals surface area contributed by atoms with Gasteiger partial charge in [-0.05, 0) is 30.3 Å². The van der Waals surface area contributed by atoms with E-state index in [9.17, 15) is 26.4 Å². The average Bonchev–Trinajstić information content (AvgIpc) is 2.60. The third kappa shape index (κ3) is 5.99. The fourth-order valence-electron chi connectivity index (χ4n) is 2.29. The second kappa shape index (κ2) is 8.89. The van der Waals surface area contributed by atoms with Crippen molar-refractivity contribution < 1.29 is 35.9 Å². The molecule has 7 nitrogen and oxygen atoms in total. The van der Waals surface area contributed by atoms with Crippen molar-refractivity contribution in [2.45, 2.75) is 11.3 Å². The second-order valence-corrected chi connectivity index (χ2v) is 8.10. The molecule has 0 radical (unpaired) electrons. The Hall–Kier alpha value is -2.50. The number of rotatable bonds is 7. The van der Waals surface area contributed by atoms with Gasteiger partial charge in [0, 0.05) is 12.1 Å². The van der Waals surface area contributed by atoms with Crippen LogP contribution in [-0.4, -0.2) is 45.7 Å². The molecule has 0 saturated heterocycles. The zero-order valence-electron chi connectivity index (χ0n) is 15.2. The first-order valence-electron chi connectivity index (χ1n) is 7.88. The molecule has 0 aliphatic rings. The van der Waals surface area contributed by atoms with E-state index in [-0.39, 0.29) is 11.4 Å². The van der Waals surface area contributed by atoms with Gasteiger partial charge in [0.15, 0.2) is 0 Å². The summed E-state index contributed by atoms with van der Waals surface area (Å²) in [5.74, 6) is -1.37. The molecule has 0 bridgehead atoms. The third-order valence-corrected chi connectivity index (χ3v) is 5.64. The van der Waals surface area contributed by atoms with Gasteiger partial charge >= 0.3 is 6.36 Å². The van der Waals surface area contributed by atoms with Crippen molar-refractivity contribution in [3.8, 4) is 11.5 Å². The van der Waals surface area contributed by atoms with Crippen LogP contribution < -0.4 is 14.8 Å². The molecule has 29 heavy (non-hydrogen) atoms. The average molecular weight is 453 g/mol. The molecule has 0 aliphatic heterocycles. The summed E-state index contributed by atoms with van der Waals surface area (Å²) < 4.78 is 72.4. The lowest BCUT2D eigenvalue weighted by Gasteiger charge is -2.20. The monoisotopic (exact) mass is 452 g/mol. The number of carbonyl (C=O) groups excluding carboxylic acids is 1. The molecule has 2 aromatic rings. The lowest BCUT2D eigenvalue weighted by atomic mass is 10.3. The highest BCUT2D eigenvalue weighted by Crippen LogP contribution is 2.31. The number of ether oxygens (including phenoxy) is 2. The minimum Gasteiger partial charge on any atom is -0.495 e. The molecule has 0 heterocycles. The van der Waals surface area contributed by atoms with E-state index in [0.717, 1.165) is 19.2 Å². The zero-order chi connectivity index (χ0) is 21.8. The summed E-state index contributed by atoms with van der Waals surface area (Å²) >= 11 is 5.87. The number of hydrogen-bond acceptors (Lipinski definition) is 5. The normalized spacial score (nSPS) is 12.0. The molecule has 0 atom stereocenters. The summed E-state index contributed by atoms with van der Waals surface area (Å²) in [6, 6.07) is 8.68. The molecule has 0 saturated carbocycles. The lowest BCUT2D eigenvalue weighted by molar-refractivity contribution is -0.275. The Morgan fingerprint density at radius 2 is 1.83 bits per heavy atom. The summed E-state index contributed by atoms with van der Waals surface area (Å²) in [5, 5.41) is 2.75. The maximum atomic E-state index is 12.7. The molecule has 0 aliphatic carbocycles. The van der Waals surface area contributed by atoms with Crippen molar-refractivity contribution in [1.82, 2.24) is 4.31 Å². The van der Waals surface area contributed by atoms with E-state index < -0.39 is 39.5 Å². The summed E-state index contributed by atoms with van der Waals surface area (Å²) in [7, 11) is -2.04. The predicted octanol–water partition coefficient (Wildman–Crippen LogP) is 3.51. The van der Waals surface area contributed by atoms with Gasteiger partial charge in [-0.2, -0.15) is 4.31 Å². The van der Waals surface area contributed by atoms with Crippen molar-refractivity contribution in [2.24, 2.45) is 0 Å². The largest absolute Gasteiger partial charge is 0.573 e. The van der Waals surface area contributed by atoms with Gasteiger partial charge in [-0.3, -0.25) is 4.79 Å². The van der Waals surface area contributed by atoms with Crippen LogP contribution in [0.15, 0.2) is 47.4 Å². The molecule has 12 heteroatoms. The Morgan fingerprint density at radius 3 is 2.45 bits per heavy atom. The maximum Gasteiger partial charge on any atom is 0.573 e. The fourth-order valence-corrected chi connectivity index (χ4v) is 3.70. The van der Waals surface area contributed by atoms with Crippen LogP contribution in [-0.2, 0) is 14.8 Å². The minimum atomic E-state index is -5.08. The van der Waals surface area contributed by atoms with E-state index in [4.69, 9.17) is 16.3 Å². The number of para-hydroxylation sites is 1. The minimum absolute atomic E-state index is 0.205. The number of carbonyl (C=O) groups is 1. The van der Waals surface area contributed by atoms with E-state index in [2.05, 4.69) is 10.1 Å². The van der Waals surface area contributed by atoms with Crippen LogP contribution in [0.2, 0.25) is 5.02 Å². The standard InChI is InChI=1S/C17H16ClF3N2O5S/c1-23(10-16(24)22-12-9-11(18)7-8-13(12)27-2)29(25,26)15-6-4-3-5-14(15)28-17(19,20)21/h3-9H,10H2,1-2H3,(H,22,24). The molecule has 0 spiro atoms. The SMILES string of the molecule is COc1ccc(Cl)cc1NC(=O)CN(C)S(=O)(=O)c1ccccc1OC(F)(F)F. The quantitative estimate of drug-likeness (QED) is 0.695. The van der Waals surface area contributed by atoms with Gasteiger partial charge in [-0.25, -0.2) is 8.42 Å². The van der Waals surface area contributed by atoms with Gasteiger partial charge in [0.05, 0.1) is 19.3 Å². The first kappa shape index (κ1) is 22.8. The number of amides is 1. The maximum absolute atomic E-state index is 12.7. The molecule has 2 rings (SSSR count). The van der Waals surface area contributed by atoms with Crippen LogP contribution in [0.3, 0.4) is 0 Å². The summed E-state index contributed by atoms with van der Waals surface area (Å²) in [5.41, 5.74) is 0.205. The molecule has 1 N–H and O–H groups in total. The first-order chi connectivity index (χ1) is 13.4. The predicted molar refractivity (Wildman–Crippen MR) is 99.6 cm³/mol. The Kier molecular flexibility index (Phi) is 6.98. The molecule has 1 amide bonds. The Labute approximate surface area is 170 Å². The number of hydrogen-bond donors (Lipinski definition) is 1. The van der Waals surface area contributed by atoms with Crippen LogP contribution in [0.4, 0.5) is 18.9 Å².